The number of ether oxygens (including phenoxy) is 1. The molecule has 8 heteroatoms. The van der Waals surface area contributed by atoms with Crippen molar-refractivity contribution in [3.63, 3.8) is 0 Å². The molecule has 32 heavy (non-hydrogen) atoms. The van der Waals surface area contributed by atoms with Crippen LogP contribution in [0, 0.1) is 0 Å². The number of amides is 1. The van der Waals surface area contributed by atoms with Crippen molar-refractivity contribution in [1.29, 1.82) is 0 Å². The summed E-state index contributed by atoms with van der Waals surface area (Å²) in [7, 11) is 1.64. The van der Waals surface area contributed by atoms with Gasteiger partial charge < -0.3 is 15.0 Å². The summed E-state index contributed by atoms with van der Waals surface area (Å²) in [6.45, 7) is 3.23. The Labute approximate surface area is 191 Å². The zero-order valence-corrected chi connectivity index (χ0v) is 19.1. The molecule has 2 heterocycles. The molecule has 0 saturated carbocycles. The van der Waals surface area contributed by atoms with E-state index in [1.807, 2.05) is 42.5 Å². The number of benzene rings is 2. The summed E-state index contributed by atoms with van der Waals surface area (Å²) in [4.78, 5) is 32.6. The Hall–Kier alpha value is -2.84. The van der Waals surface area contributed by atoms with Crippen LogP contribution in [0.25, 0.3) is 10.9 Å². The summed E-state index contributed by atoms with van der Waals surface area (Å²) < 4.78 is 6.77. The summed E-state index contributed by atoms with van der Waals surface area (Å²) in [5.41, 5.74) is 2.51. The van der Waals surface area contributed by atoms with Crippen LogP contribution in [0.4, 0.5) is 11.4 Å². The van der Waals surface area contributed by atoms with Gasteiger partial charge in [0.25, 0.3) is 5.56 Å². The molecule has 2 aromatic carbocycles. The number of para-hydroxylation sites is 1. The van der Waals surface area contributed by atoms with Gasteiger partial charge in [-0.2, -0.15) is 0 Å². The predicted octanol–water partition coefficient (Wildman–Crippen LogP) is 3.76. The van der Waals surface area contributed by atoms with E-state index in [0.717, 1.165) is 18.8 Å². The van der Waals surface area contributed by atoms with Gasteiger partial charge in [-0.1, -0.05) is 23.9 Å². The van der Waals surface area contributed by atoms with Crippen molar-refractivity contribution in [3.05, 3.63) is 58.9 Å². The average molecular weight is 453 g/mol. The first-order valence-corrected chi connectivity index (χ1v) is 11.9. The molecular weight excluding hydrogens is 424 g/mol. The zero-order chi connectivity index (χ0) is 22.3. The van der Waals surface area contributed by atoms with Crippen molar-refractivity contribution in [1.82, 2.24) is 9.55 Å². The van der Waals surface area contributed by atoms with Gasteiger partial charge >= 0.3 is 0 Å². The molecule has 1 aromatic heterocycles. The fourth-order valence-corrected chi connectivity index (χ4v) is 4.71. The zero-order valence-electron chi connectivity index (χ0n) is 18.3. The van der Waals surface area contributed by atoms with Crippen LogP contribution in [0.2, 0.25) is 0 Å². The molecular formula is C24H28N4O3S. The number of nitrogens with one attached hydrogen (secondary N) is 1. The van der Waals surface area contributed by atoms with E-state index >= 15 is 0 Å². The van der Waals surface area contributed by atoms with Gasteiger partial charge in [-0.25, -0.2) is 4.98 Å². The van der Waals surface area contributed by atoms with Crippen molar-refractivity contribution in [2.24, 2.45) is 0 Å². The second-order valence-corrected chi connectivity index (χ2v) is 8.74. The molecule has 1 saturated heterocycles. The van der Waals surface area contributed by atoms with E-state index in [-0.39, 0.29) is 17.2 Å². The van der Waals surface area contributed by atoms with Gasteiger partial charge in [0, 0.05) is 44.7 Å². The molecule has 7 nitrogen and oxygen atoms in total. The lowest BCUT2D eigenvalue weighted by Crippen LogP contribution is -2.25. The molecule has 0 unspecified atom stereocenters. The largest absolute Gasteiger partial charge is 0.385 e. The number of aromatic nitrogens is 2. The van der Waals surface area contributed by atoms with Crippen molar-refractivity contribution in [2.75, 3.05) is 42.8 Å². The van der Waals surface area contributed by atoms with Crippen molar-refractivity contribution < 1.29 is 9.53 Å². The quantitative estimate of drug-likeness (QED) is 0.303. The number of hydrogen-bond donors (Lipinski definition) is 1. The highest BCUT2D eigenvalue weighted by Gasteiger charge is 2.14. The van der Waals surface area contributed by atoms with E-state index in [0.29, 0.717) is 35.6 Å². The molecule has 1 aliphatic heterocycles. The van der Waals surface area contributed by atoms with Crippen molar-refractivity contribution >= 4 is 39.9 Å². The van der Waals surface area contributed by atoms with Crippen LogP contribution in [0.15, 0.2) is 58.5 Å². The molecule has 1 N–H and O–H groups in total. The van der Waals surface area contributed by atoms with Crippen molar-refractivity contribution in [2.45, 2.75) is 31.0 Å². The summed E-state index contributed by atoms with van der Waals surface area (Å²) in [6, 6.07) is 15.3. The molecule has 168 valence electrons. The summed E-state index contributed by atoms with van der Waals surface area (Å²) in [6.07, 6.45) is 3.16. The normalized spacial score (nSPS) is 13.6. The number of fused-ring (bicyclic) bond motifs is 1. The first-order chi connectivity index (χ1) is 15.7. The van der Waals surface area contributed by atoms with Gasteiger partial charge in [-0.3, -0.25) is 14.2 Å². The average Bonchev–Trinajstić information content (AvgIpc) is 3.35. The number of methoxy groups -OCH3 is 1. The van der Waals surface area contributed by atoms with Crippen LogP contribution in [0.3, 0.4) is 0 Å². The van der Waals surface area contributed by atoms with E-state index in [9.17, 15) is 9.59 Å². The van der Waals surface area contributed by atoms with Crippen LogP contribution in [-0.4, -0.2) is 48.0 Å². The summed E-state index contributed by atoms with van der Waals surface area (Å²) in [5, 5.41) is 4.07. The van der Waals surface area contributed by atoms with Crippen LogP contribution in [0.5, 0.6) is 0 Å². The third-order valence-electron chi connectivity index (χ3n) is 5.51. The number of hydrogen-bond acceptors (Lipinski definition) is 6. The van der Waals surface area contributed by atoms with Gasteiger partial charge in [0.2, 0.25) is 5.91 Å². The van der Waals surface area contributed by atoms with Crippen LogP contribution in [-0.2, 0) is 16.1 Å². The SMILES string of the molecule is COCCCn1c(SCC(=O)Nc2ccc(N3CCCC3)cc2)nc2ccccc2c1=O. The molecule has 1 fully saturated rings. The first kappa shape index (κ1) is 22.4. The molecule has 1 amide bonds. The lowest BCUT2D eigenvalue weighted by Gasteiger charge is -2.17. The summed E-state index contributed by atoms with van der Waals surface area (Å²) in [5.74, 6) is 0.0397. The van der Waals surface area contributed by atoms with Gasteiger partial charge in [0.05, 0.1) is 16.7 Å². The van der Waals surface area contributed by atoms with Gasteiger partial charge in [0.15, 0.2) is 5.16 Å². The highest BCUT2D eigenvalue weighted by Crippen LogP contribution is 2.23. The predicted molar refractivity (Wildman–Crippen MR) is 130 cm³/mol. The summed E-state index contributed by atoms with van der Waals surface area (Å²) >= 11 is 1.28. The molecule has 4 rings (SSSR count). The molecule has 1 aliphatic rings. The Bertz CT molecular complexity index is 1120. The molecule has 0 aliphatic carbocycles. The second kappa shape index (κ2) is 10.7. The second-order valence-electron chi connectivity index (χ2n) is 7.79. The minimum atomic E-state index is -0.130. The molecule has 0 bridgehead atoms. The molecule has 3 aromatic rings. The maximum absolute atomic E-state index is 13.0. The van der Waals surface area contributed by atoms with E-state index in [1.165, 1.54) is 30.3 Å². The Kier molecular flexibility index (Phi) is 7.44. The monoisotopic (exact) mass is 452 g/mol. The van der Waals surface area contributed by atoms with Gasteiger partial charge in [-0.05, 0) is 55.7 Å². The first-order valence-electron chi connectivity index (χ1n) is 10.9. The molecule has 0 atom stereocenters. The topological polar surface area (TPSA) is 76.5 Å². The maximum atomic E-state index is 13.0. The lowest BCUT2D eigenvalue weighted by atomic mass is 10.2. The van der Waals surface area contributed by atoms with Gasteiger partial charge in [-0.15, -0.1) is 0 Å². The van der Waals surface area contributed by atoms with E-state index < -0.39 is 0 Å². The van der Waals surface area contributed by atoms with Crippen LogP contribution >= 0.6 is 11.8 Å². The van der Waals surface area contributed by atoms with Crippen LogP contribution in [0.1, 0.15) is 19.3 Å². The number of thioether (sulfide) groups is 1. The standard InChI is InChI=1S/C24H28N4O3S/c1-31-16-6-15-28-23(30)20-7-2-3-8-21(20)26-24(28)32-17-22(29)25-18-9-11-19(12-10-18)27-13-4-5-14-27/h2-3,7-12H,4-6,13-17H2,1H3,(H,25,29). The Morgan fingerprint density at radius 3 is 2.62 bits per heavy atom. The van der Waals surface area contributed by atoms with Crippen LogP contribution < -0.4 is 15.8 Å². The molecule has 0 radical (unpaired) electrons. The number of anilines is 2. The van der Waals surface area contributed by atoms with Gasteiger partial charge in [0.1, 0.15) is 0 Å². The number of rotatable bonds is 9. The highest BCUT2D eigenvalue weighted by atomic mass is 32.2. The Morgan fingerprint density at radius 2 is 1.88 bits per heavy atom. The van der Waals surface area contributed by atoms with Crippen molar-refractivity contribution in [3.8, 4) is 0 Å². The Balaban J connectivity index is 1.43. The number of nitrogens with zero attached hydrogens (tertiary/aromatic N) is 3. The molecule has 0 spiro atoms. The van der Waals surface area contributed by atoms with E-state index in [4.69, 9.17) is 4.74 Å². The minimum Gasteiger partial charge on any atom is -0.385 e. The fraction of sp³-hybridized carbons (Fsp3) is 0.375. The number of carbonyl (C=O) groups is 1. The fourth-order valence-electron chi connectivity index (χ4n) is 3.88. The minimum absolute atomic E-state index is 0.0906. The Morgan fingerprint density at radius 1 is 1.12 bits per heavy atom. The third kappa shape index (κ3) is 5.31. The lowest BCUT2D eigenvalue weighted by molar-refractivity contribution is -0.113. The van der Waals surface area contributed by atoms with E-state index in [2.05, 4.69) is 15.2 Å². The maximum Gasteiger partial charge on any atom is 0.262 e. The highest BCUT2D eigenvalue weighted by molar-refractivity contribution is 7.99. The third-order valence-corrected chi connectivity index (χ3v) is 6.49. The number of carbonyl (C=O) groups excluding carboxylic acids is 1. The smallest absolute Gasteiger partial charge is 0.262 e. The van der Waals surface area contributed by atoms with E-state index in [1.54, 1.807) is 17.7 Å².